The van der Waals surface area contributed by atoms with Gasteiger partial charge < -0.3 is 34.3 Å². The molecule has 7 rings (SSSR count). The number of rotatable bonds is 19. The van der Waals surface area contributed by atoms with Crippen LogP contribution in [-0.2, 0) is 56.9 Å². The quantitative estimate of drug-likeness (QED) is 0.0687. The number of carbonyl (C=O) groups excluding carboxylic acids is 2. The van der Waals surface area contributed by atoms with E-state index in [4.69, 9.17) is 28.7 Å². The number of halogens is 1. The fourth-order valence-corrected chi connectivity index (χ4v) is 14.9. The molecule has 22 heteroatoms. The third-order valence-electron chi connectivity index (χ3n) is 12.5. The van der Waals surface area contributed by atoms with Crippen molar-refractivity contribution in [2.45, 2.75) is 212 Å². The molecule has 1 saturated heterocycles. The van der Waals surface area contributed by atoms with Crippen molar-refractivity contribution in [2.24, 2.45) is 11.8 Å². The summed E-state index contributed by atoms with van der Waals surface area (Å²) in [6.07, 6.45) is 10.4. The molecule has 2 saturated carbocycles. The van der Waals surface area contributed by atoms with Gasteiger partial charge in [0.1, 0.15) is 0 Å². The van der Waals surface area contributed by atoms with Crippen LogP contribution in [0.15, 0.2) is 62.4 Å². The number of aromatic nitrogens is 2. The Hall–Kier alpha value is -3.58. The van der Waals surface area contributed by atoms with E-state index >= 15 is 0 Å². The summed E-state index contributed by atoms with van der Waals surface area (Å²) in [5.74, 6) is 1.67. The maximum atomic E-state index is 13.5. The number of nitrogens with zero attached hydrogens (tertiary/aromatic N) is 2. The molecule has 1 aliphatic heterocycles. The van der Waals surface area contributed by atoms with Crippen LogP contribution in [-0.4, -0.2) is 101 Å². The Morgan fingerprint density at radius 1 is 0.671 bits per heavy atom. The molecule has 3 fully saturated rings. The highest BCUT2D eigenvalue weighted by atomic mass is 79.9. The van der Waals surface area contributed by atoms with E-state index in [2.05, 4.69) is 68.7 Å². The van der Waals surface area contributed by atoms with E-state index in [0.717, 1.165) is 81.7 Å². The molecule has 2 aromatic carbocycles. The molecule has 3 heterocycles. The Labute approximate surface area is 487 Å². The average molecular weight is 1240 g/mol. The lowest BCUT2D eigenvalue weighted by Gasteiger charge is -2.30. The van der Waals surface area contributed by atoms with E-state index in [9.17, 15) is 26.4 Å². The molecule has 442 valence electrons. The SMILES string of the molecule is CC(C)COCc1ccc(-c2cnc(C3CCC(NC(=O)OC4COC4)CC3)s2)c(S(=O)(=O)NC(C)(C)C)c1.CC(C)OC(=O)NC1CCC(c2ncc(Br)s2)CC1.Cc1ccc(COCC(C)C)cc1S(=O)(=O)NC(C)(C)C. The van der Waals surface area contributed by atoms with Crippen molar-refractivity contribution in [2.75, 3.05) is 26.4 Å². The van der Waals surface area contributed by atoms with Crippen LogP contribution in [0.4, 0.5) is 9.59 Å². The summed E-state index contributed by atoms with van der Waals surface area (Å²) in [5, 5.41) is 8.11. The first-order chi connectivity index (χ1) is 36.9. The number of carbonyl (C=O) groups is 2. The Kier molecular flexibility index (Phi) is 25.2. The molecule has 0 radical (unpaired) electrons. The highest BCUT2D eigenvalue weighted by Gasteiger charge is 2.31. The van der Waals surface area contributed by atoms with Crippen LogP contribution in [0.5, 0.6) is 0 Å². The predicted octanol–water partition coefficient (Wildman–Crippen LogP) is 12.5. The molecule has 2 amide bonds. The average Bonchev–Trinajstić information content (AvgIpc) is 4.07. The van der Waals surface area contributed by atoms with Crippen LogP contribution < -0.4 is 20.1 Å². The minimum atomic E-state index is -3.79. The molecule has 2 aromatic heterocycles. The Balaban J connectivity index is 0.000000241. The summed E-state index contributed by atoms with van der Waals surface area (Å²) in [6, 6.07) is 11.3. The molecular formula is C57H87BrN6O11S4. The van der Waals surface area contributed by atoms with Crippen LogP contribution in [0.2, 0.25) is 0 Å². The lowest BCUT2D eigenvalue weighted by Crippen LogP contribution is -2.44. The summed E-state index contributed by atoms with van der Waals surface area (Å²) in [4.78, 5) is 34.1. The number of sulfonamides is 2. The zero-order chi connectivity index (χ0) is 58.3. The lowest BCUT2D eigenvalue weighted by molar-refractivity contribution is -0.0985. The van der Waals surface area contributed by atoms with Crippen LogP contribution in [0.3, 0.4) is 0 Å². The maximum absolute atomic E-state index is 13.5. The van der Waals surface area contributed by atoms with Crippen molar-refractivity contribution in [3.63, 3.8) is 0 Å². The molecule has 0 spiro atoms. The fourth-order valence-electron chi connectivity index (χ4n) is 8.92. The van der Waals surface area contributed by atoms with E-state index in [1.165, 1.54) is 5.01 Å². The summed E-state index contributed by atoms with van der Waals surface area (Å²) in [6.45, 7) is 27.8. The molecule has 79 heavy (non-hydrogen) atoms. The van der Waals surface area contributed by atoms with E-state index < -0.39 is 31.1 Å². The molecule has 0 unspecified atom stereocenters. The smallest absolute Gasteiger partial charge is 0.407 e. The number of amides is 2. The van der Waals surface area contributed by atoms with Crippen molar-refractivity contribution in [1.29, 1.82) is 0 Å². The van der Waals surface area contributed by atoms with Crippen LogP contribution in [0.1, 0.15) is 173 Å². The standard InChI is InChI=1S/C28H41N3O6S2.C16H27NO3S.C13H19BrN2O2S/c1-18(2)14-35-15-19-6-11-23(25(12-19)39(33,34)31-28(3,4)5)24-13-29-26(38-24)20-7-9-21(10-8-20)30-27(32)37-22-16-36-17-22;1-12(2)10-20-11-14-8-7-13(3)15(9-14)21(18,19)17-16(4,5)6;1-8(2)18-13(17)16-10-5-3-9(4-6-10)12-15-7-11(14)19-12/h6,11-13,18,20-22,31H,7-10,14-17H2,1-5H3,(H,30,32);7-9,12,17H,10-11H2,1-6H3;7-10H,3-6H2,1-2H3,(H,16,17). The van der Waals surface area contributed by atoms with Gasteiger partial charge in [-0.05, 0) is 170 Å². The van der Waals surface area contributed by atoms with Gasteiger partial charge in [0.05, 0.1) is 67.2 Å². The van der Waals surface area contributed by atoms with Gasteiger partial charge in [0.2, 0.25) is 20.0 Å². The predicted molar refractivity (Wildman–Crippen MR) is 317 cm³/mol. The van der Waals surface area contributed by atoms with Gasteiger partial charge in [-0.25, -0.2) is 45.8 Å². The monoisotopic (exact) mass is 1240 g/mol. The first-order valence-corrected chi connectivity index (χ1v) is 32.9. The van der Waals surface area contributed by atoms with Gasteiger partial charge in [-0.2, -0.15) is 0 Å². The lowest BCUT2D eigenvalue weighted by atomic mass is 9.86. The molecule has 17 nitrogen and oxygen atoms in total. The second kappa shape index (κ2) is 30.1. The largest absolute Gasteiger partial charge is 0.447 e. The molecular weight excluding hydrogens is 1150 g/mol. The van der Waals surface area contributed by atoms with Crippen LogP contribution >= 0.6 is 38.6 Å². The van der Waals surface area contributed by atoms with E-state index in [0.29, 0.717) is 67.9 Å². The van der Waals surface area contributed by atoms with Crippen molar-refractivity contribution < 1.29 is 50.1 Å². The molecule has 0 bridgehead atoms. The number of benzene rings is 2. The molecule has 2 aliphatic carbocycles. The summed E-state index contributed by atoms with van der Waals surface area (Å²) >= 11 is 6.70. The zero-order valence-electron chi connectivity index (χ0n) is 48.5. The van der Waals surface area contributed by atoms with Gasteiger partial charge in [-0.1, -0.05) is 52.0 Å². The minimum Gasteiger partial charge on any atom is -0.447 e. The third kappa shape index (κ3) is 22.9. The Morgan fingerprint density at radius 3 is 1.59 bits per heavy atom. The second-order valence-corrected chi connectivity index (χ2v) is 30.7. The third-order valence-corrected chi connectivity index (χ3v) is 19.0. The fraction of sp³-hybridized carbons (Fsp3) is 0.649. The number of hydrogen-bond acceptors (Lipinski definition) is 15. The van der Waals surface area contributed by atoms with Gasteiger partial charge in [-0.15, -0.1) is 22.7 Å². The summed E-state index contributed by atoms with van der Waals surface area (Å²) in [5.41, 5.74) is 1.93. The summed E-state index contributed by atoms with van der Waals surface area (Å²) < 4.78 is 85.2. The van der Waals surface area contributed by atoms with E-state index in [-0.39, 0.29) is 47.3 Å². The normalized spacial score (nSPS) is 19.2. The Morgan fingerprint density at radius 2 is 1.14 bits per heavy atom. The minimum absolute atomic E-state index is 0.0657. The number of nitrogens with one attached hydrogen (secondary N) is 4. The molecule has 0 atom stereocenters. The maximum Gasteiger partial charge on any atom is 0.407 e. The van der Waals surface area contributed by atoms with Gasteiger partial charge in [-0.3, -0.25) is 0 Å². The number of thiazole rings is 2. The van der Waals surface area contributed by atoms with E-state index in [1.54, 1.807) is 47.9 Å². The van der Waals surface area contributed by atoms with Gasteiger partial charge in [0, 0.05) is 60.0 Å². The van der Waals surface area contributed by atoms with Crippen molar-refractivity contribution in [3.8, 4) is 10.4 Å². The van der Waals surface area contributed by atoms with Crippen molar-refractivity contribution in [3.05, 3.63) is 79.3 Å². The summed E-state index contributed by atoms with van der Waals surface area (Å²) in [7, 11) is -7.31. The first-order valence-electron chi connectivity index (χ1n) is 27.5. The van der Waals surface area contributed by atoms with Gasteiger partial charge in [0.25, 0.3) is 0 Å². The van der Waals surface area contributed by atoms with Crippen molar-refractivity contribution >= 4 is 70.8 Å². The van der Waals surface area contributed by atoms with Crippen LogP contribution in [0, 0.1) is 18.8 Å². The number of hydrogen-bond donors (Lipinski definition) is 4. The molecule has 4 N–H and O–H groups in total. The first kappa shape index (κ1) is 66.2. The highest BCUT2D eigenvalue weighted by Crippen LogP contribution is 2.40. The van der Waals surface area contributed by atoms with Gasteiger partial charge >= 0.3 is 12.2 Å². The Bertz CT molecular complexity index is 2790. The second-order valence-electron chi connectivity index (χ2n) is 23.9. The topological polar surface area (TPSA) is 222 Å². The number of aryl methyl sites for hydroxylation is 1. The van der Waals surface area contributed by atoms with Crippen molar-refractivity contribution in [1.82, 2.24) is 30.0 Å². The molecule has 3 aliphatic rings. The molecule has 4 aromatic rings. The zero-order valence-corrected chi connectivity index (χ0v) is 53.4. The van der Waals surface area contributed by atoms with Crippen LogP contribution in [0.25, 0.3) is 10.4 Å². The van der Waals surface area contributed by atoms with E-state index in [1.807, 2.05) is 85.9 Å². The highest BCUT2D eigenvalue weighted by molar-refractivity contribution is 9.11. The number of alkyl carbamates (subject to hydrolysis) is 2. The van der Waals surface area contributed by atoms with Gasteiger partial charge in [0.15, 0.2) is 6.10 Å². The number of ether oxygens (including phenoxy) is 5.